The van der Waals surface area contributed by atoms with Crippen molar-refractivity contribution < 1.29 is 19.1 Å². The molecule has 4 heteroatoms. The smallest absolute Gasteiger partial charge is 0.311 e. The Hall–Kier alpha value is -1.84. The van der Waals surface area contributed by atoms with E-state index in [0.29, 0.717) is 12.2 Å². The maximum Gasteiger partial charge on any atom is 0.311 e. The fourth-order valence-corrected chi connectivity index (χ4v) is 4.80. The molecule has 0 heterocycles. The zero-order valence-corrected chi connectivity index (χ0v) is 14.3. The number of fused-ring (bicyclic) bond motifs is 3. The lowest BCUT2D eigenvalue weighted by Crippen LogP contribution is -2.53. The average molecular weight is 316 g/mol. The third-order valence-corrected chi connectivity index (χ3v) is 6.11. The lowest BCUT2D eigenvalue weighted by molar-refractivity contribution is -0.160. The van der Waals surface area contributed by atoms with Gasteiger partial charge in [0.1, 0.15) is 5.75 Å². The number of hydrogen-bond donors (Lipinski definition) is 0. The number of hydrogen-bond acceptors (Lipinski definition) is 4. The van der Waals surface area contributed by atoms with E-state index in [4.69, 9.17) is 9.47 Å². The lowest BCUT2D eigenvalue weighted by Gasteiger charge is -2.53. The van der Waals surface area contributed by atoms with Crippen molar-refractivity contribution >= 4 is 11.8 Å². The van der Waals surface area contributed by atoms with Crippen LogP contribution in [0.3, 0.4) is 0 Å². The summed E-state index contributed by atoms with van der Waals surface area (Å²) in [6, 6.07) is 5.74. The number of esters is 1. The van der Waals surface area contributed by atoms with Crippen LogP contribution >= 0.6 is 0 Å². The Labute approximate surface area is 137 Å². The van der Waals surface area contributed by atoms with Crippen LogP contribution in [0.15, 0.2) is 18.2 Å². The fourth-order valence-electron chi connectivity index (χ4n) is 4.80. The highest BCUT2D eigenvalue weighted by Crippen LogP contribution is 2.57. The summed E-state index contributed by atoms with van der Waals surface area (Å²) in [7, 11) is 3.04. The molecule has 0 amide bonds. The van der Waals surface area contributed by atoms with Crippen molar-refractivity contribution in [3.8, 4) is 5.75 Å². The molecule has 1 aromatic rings. The van der Waals surface area contributed by atoms with Crippen molar-refractivity contribution in [1.29, 1.82) is 0 Å². The van der Waals surface area contributed by atoms with Crippen LogP contribution in [0.4, 0.5) is 0 Å². The van der Waals surface area contributed by atoms with E-state index in [9.17, 15) is 9.59 Å². The molecular formula is C19H24O4. The minimum Gasteiger partial charge on any atom is -0.497 e. The molecule has 124 valence electrons. The topological polar surface area (TPSA) is 52.6 Å². The summed E-state index contributed by atoms with van der Waals surface area (Å²) in [5.74, 6) is 0.576. The van der Waals surface area contributed by atoms with Gasteiger partial charge in [0.2, 0.25) is 0 Å². The van der Waals surface area contributed by atoms with E-state index in [0.717, 1.165) is 30.4 Å². The van der Waals surface area contributed by atoms with E-state index in [-0.39, 0.29) is 23.1 Å². The van der Waals surface area contributed by atoms with Gasteiger partial charge in [0.05, 0.1) is 19.6 Å². The SMILES string of the molecule is COC(=O)[C@]1(C)CCC[C@]2(C)c3ccc(OC)cc3C(=O)C[C@@H]12. The monoisotopic (exact) mass is 316 g/mol. The van der Waals surface area contributed by atoms with Crippen LogP contribution in [-0.4, -0.2) is 26.0 Å². The average Bonchev–Trinajstić information content (AvgIpc) is 2.56. The van der Waals surface area contributed by atoms with Crippen LogP contribution in [-0.2, 0) is 14.9 Å². The molecule has 0 radical (unpaired) electrons. The Morgan fingerprint density at radius 2 is 1.96 bits per heavy atom. The van der Waals surface area contributed by atoms with Crippen LogP contribution in [0.25, 0.3) is 0 Å². The van der Waals surface area contributed by atoms with E-state index >= 15 is 0 Å². The maximum absolute atomic E-state index is 12.7. The molecule has 3 rings (SSSR count). The van der Waals surface area contributed by atoms with Crippen molar-refractivity contribution in [1.82, 2.24) is 0 Å². The first kappa shape index (κ1) is 16.0. The molecule has 3 atom stereocenters. The summed E-state index contributed by atoms with van der Waals surface area (Å²) in [5.41, 5.74) is 1.01. The molecule has 1 saturated carbocycles. The van der Waals surface area contributed by atoms with Gasteiger partial charge >= 0.3 is 5.97 Å². The van der Waals surface area contributed by atoms with Gasteiger partial charge < -0.3 is 9.47 Å². The number of carbonyl (C=O) groups excluding carboxylic acids is 2. The van der Waals surface area contributed by atoms with Gasteiger partial charge in [0, 0.05) is 12.0 Å². The van der Waals surface area contributed by atoms with Gasteiger partial charge in [-0.2, -0.15) is 0 Å². The molecule has 0 N–H and O–H groups in total. The quantitative estimate of drug-likeness (QED) is 0.783. The molecule has 0 aliphatic heterocycles. The number of Topliss-reactive ketones (excluding diaryl/α,β-unsaturated/α-hetero) is 1. The van der Waals surface area contributed by atoms with Crippen LogP contribution in [0.5, 0.6) is 5.75 Å². The third kappa shape index (κ3) is 2.19. The summed E-state index contributed by atoms with van der Waals surface area (Å²) in [5, 5.41) is 0. The third-order valence-electron chi connectivity index (χ3n) is 6.11. The highest BCUT2D eigenvalue weighted by atomic mass is 16.5. The van der Waals surface area contributed by atoms with E-state index in [1.807, 2.05) is 25.1 Å². The minimum atomic E-state index is -0.602. The normalized spacial score (nSPS) is 32.7. The summed E-state index contributed by atoms with van der Waals surface area (Å²) in [6.07, 6.45) is 3.11. The molecular weight excluding hydrogens is 292 g/mol. The number of ether oxygens (including phenoxy) is 2. The zero-order chi connectivity index (χ0) is 16.8. The van der Waals surface area contributed by atoms with E-state index < -0.39 is 5.41 Å². The van der Waals surface area contributed by atoms with Crippen LogP contribution in [0, 0.1) is 11.3 Å². The van der Waals surface area contributed by atoms with Crippen molar-refractivity contribution in [2.75, 3.05) is 14.2 Å². The van der Waals surface area contributed by atoms with Crippen molar-refractivity contribution in [3.05, 3.63) is 29.3 Å². The molecule has 2 aliphatic rings. The fraction of sp³-hybridized carbons (Fsp3) is 0.579. The van der Waals surface area contributed by atoms with Crippen LogP contribution in [0.2, 0.25) is 0 Å². The molecule has 0 saturated heterocycles. The molecule has 1 fully saturated rings. The van der Waals surface area contributed by atoms with Crippen molar-refractivity contribution in [3.63, 3.8) is 0 Å². The molecule has 0 unspecified atom stereocenters. The Kier molecular flexibility index (Phi) is 3.74. The van der Waals surface area contributed by atoms with E-state index in [2.05, 4.69) is 6.92 Å². The second-order valence-corrected chi connectivity index (χ2v) is 7.27. The van der Waals surface area contributed by atoms with E-state index in [1.54, 1.807) is 7.11 Å². The highest BCUT2D eigenvalue weighted by molar-refractivity contribution is 6.00. The Bertz CT molecular complexity index is 665. The second-order valence-electron chi connectivity index (χ2n) is 7.27. The van der Waals surface area contributed by atoms with Crippen molar-refractivity contribution in [2.45, 2.75) is 44.9 Å². The number of ketones is 1. The lowest BCUT2D eigenvalue weighted by atomic mass is 9.49. The number of benzene rings is 1. The second kappa shape index (κ2) is 5.36. The highest BCUT2D eigenvalue weighted by Gasteiger charge is 2.57. The predicted molar refractivity (Wildman–Crippen MR) is 86.8 cm³/mol. The van der Waals surface area contributed by atoms with Gasteiger partial charge in [-0.05, 0) is 48.8 Å². The van der Waals surface area contributed by atoms with Gasteiger partial charge in [-0.25, -0.2) is 0 Å². The Morgan fingerprint density at radius 1 is 1.22 bits per heavy atom. The maximum atomic E-state index is 12.7. The molecule has 0 bridgehead atoms. The largest absolute Gasteiger partial charge is 0.497 e. The minimum absolute atomic E-state index is 0.0235. The first-order valence-corrected chi connectivity index (χ1v) is 8.17. The van der Waals surface area contributed by atoms with Gasteiger partial charge in [-0.15, -0.1) is 0 Å². The number of methoxy groups -OCH3 is 2. The molecule has 2 aliphatic carbocycles. The molecule has 4 nitrogen and oxygen atoms in total. The molecule has 0 spiro atoms. The summed E-state index contributed by atoms with van der Waals surface area (Å²) >= 11 is 0. The zero-order valence-electron chi connectivity index (χ0n) is 14.3. The molecule has 1 aromatic carbocycles. The predicted octanol–water partition coefficient (Wildman–Crippen LogP) is 3.52. The summed E-state index contributed by atoms with van der Waals surface area (Å²) < 4.78 is 10.3. The van der Waals surface area contributed by atoms with Crippen molar-refractivity contribution in [2.24, 2.45) is 11.3 Å². The van der Waals surface area contributed by atoms with Crippen LogP contribution in [0.1, 0.15) is 55.5 Å². The van der Waals surface area contributed by atoms with E-state index in [1.165, 1.54) is 7.11 Å². The Balaban J connectivity index is 2.14. The first-order valence-electron chi connectivity index (χ1n) is 8.17. The van der Waals surface area contributed by atoms with Gasteiger partial charge in [0.15, 0.2) is 5.78 Å². The Morgan fingerprint density at radius 3 is 2.61 bits per heavy atom. The van der Waals surface area contributed by atoms with Gasteiger partial charge in [-0.3, -0.25) is 9.59 Å². The molecule has 0 aromatic heterocycles. The first-order chi connectivity index (χ1) is 10.9. The van der Waals surface area contributed by atoms with Gasteiger partial charge in [-0.1, -0.05) is 19.4 Å². The molecule has 23 heavy (non-hydrogen) atoms. The summed E-state index contributed by atoms with van der Waals surface area (Å²) in [4.78, 5) is 25.2. The summed E-state index contributed by atoms with van der Waals surface area (Å²) in [6.45, 7) is 4.15. The number of rotatable bonds is 2. The van der Waals surface area contributed by atoms with Gasteiger partial charge in [0.25, 0.3) is 0 Å². The van der Waals surface area contributed by atoms with Crippen LogP contribution < -0.4 is 4.74 Å². The number of carbonyl (C=O) groups is 2. The standard InChI is InChI=1S/C19H24O4/c1-18-8-5-9-19(2,17(21)23-4)16(18)11-15(20)13-10-12(22-3)6-7-14(13)18/h6-7,10,16H,5,8-9,11H2,1-4H3/t16-,18-,19-/m1/s1.